The smallest absolute Gasteiger partial charge is 0.407 e. The van der Waals surface area contributed by atoms with E-state index in [0.29, 0.717) is 25.8 Å². The van der Waals surface area contributed by atoms with Gasteiger partial charge in [0.1, 0.15) is 12.6 Å². The Morgan fingerprint density at radius 1 is 1.00 bits per heavy atom. The van der Waals surface area contributed by atoms with Gasteiger partial charge in [0.2, 0.25) is 5.91 Å². The molecule has 1 aliphatic rings. The molecule has 0 saturated carbocycles. The minimum Gasteiger partial charge on any atom is -0.481 e. The van der Waals surface area contributed by atoms with Gasteiger partial charge in [0.25, 0.3) is 0 Å². The number of fused-ring (bicyclic) bond motifs is 3. The van der Waals surface area contributed by atoms with E-state index in [9.17, 15) is 14.4 Å². The Morgan fingerprint density at radius 2 is 1.59 bits per heavy atom. The minimum atomic E-state index is -0.824. The lowest BCUT2D eigenvalue weighted by atomic mass is 9.84. The molecule has 3 N–H and O–H groups in total. The number of benzene rings is 2. The lowest BCUT2D eigenvalue weighted by Crippen LogP contribution is -2.47. The lowest BCUT2D eigenvalue weighted by molar-refractivity contribution is -0.137. The number of hydrogen-bond acceptors (Lipinski definition) is 4. The Hall–Kier alpha value is -3.35. The predicted octanol–water partition coefficient (Wildman–Crippen LogP) is 4.70. The lowest BCUT2D eigenvalue weighted by Gasteiger charge is -2.24. The van der Waals surface area contributed by atoms with Crippen LogP contribution >= 0.6 is 0 Å². The number of carbonyl (C=O) groups excluding carboxylic acids is 2. The van der Waals surface area contributed by atoms with Crippen molar-refractivity contribution in [3.05, 3.63) is 59.7 Å². The second-order valence-corrected chi connectivity index (χ2v) is 9.53. The van der Waals surface area contributed by atoms with Crippen LogP contribution in [0.1, 0.15) is 63.5 Å². The van der Waals surface area contributed by atoms with Gasteiger partial charge in [0.05, 0.1) is 0 Å². The summed E-state index contributed by atoms with van der Waals surface area (Å²) in [4.78, 5) is 35.9. The van der Waals surface area contributed by atoms with Crippen LogP contribution in [0.4, 0.5) is 4.79 Å². The van der Waals surface area contributed by atoms with Crippen LogP contribution in [0.15, 0.2) is 48.5 Å². The highest BCUT2D eigenvalue weighted by molar-refractivity contribution is 5.85. The summed E-state index contributed by atoms with van der Waals surface area (Å²) in [5.41, 5.74) is 4.38. The standard InChI is InChI=1S/C27H34N2O5/c1-4-23(25(32)28-16-15-27(2,3)14-13-24(30)31)29-26(33)34-17-22-20-11-7-5-9-18(20)19-10-6-8-12-21(19)22/h5-12,22-23H,4,13-17H2,1-3H3,(H,28,32)(H,29,33)(H,30,31). The number of nitrogens with one attached hydrogen (secondary N) is 2. The minimum absolute atomic E-state index is 0.0416. The number of aliphatic carboxylic acids is 1. The van der Waals surface area contributed by atoms with E-state index in [-0.39, 0.29) is 30.3 Å². The van der Waals surface area contributed by atoms with Gasteiger partial charge in [-0.25, -0.2) is 4.79 Å². The summed E-state index contributed by atoms with van der Waals surface area (Å²) in [6, 6.07) is 15.5. The third-order valence-corrected chi connectivity index (χ3v) is 6.48. The number of carboxylic acid groups (broad SMARTS) is 1. The van der Waals surface area contributed by atoms with E-state index in [1.54, 1.807) is 0 Å². The topological polar surface area (TPSA) is 105 Å². The molecule has 2 amide bonds. The number of ether oxygens (including phenoxy) is 1. The predicted molar refractivity (Wildman–Crippen MR) is 131 cm³/mol. The molecule has 1 aliphatic carbocycles. The van der Waals surface area contributed by atoms with E-state index in [2.05, 4.69) is 34.9 Å². The van der Waals surface area contributed by atoms with E-state index in [4.69, 9.17) is 9.84 Å². The van der Waals surface area contributed by atoms with Crippen molar-refractivity contribution in [3.8, 4) is 11.1 Å². The van der Waals surface area contributed by atoms with Gasteiger partial charge < -0.3 is 20.5 Å². The molecule has 0 spiro atoms. The van der Waals surface area contributed by atoms with Crippen molar-refractivity contribution in [1.29, 1.82) is 0 Å². The third kappa shape index (κ3) is 6.37. The Morgan fingerprint density at radius 3 is 2.15 bits per heavy atom. The molecule has 0 aromatic heterocycles. The summed E-state index contributed by atoms with van der Waals surface area (Å²) >= 11 is 0. The summed E-state index contributed by atoms with van der Waals surface area (Å²) < 4.78 is 5.55. The summed E-state index contributed by atoms with van der Waals surface area (Å²) in [5, 5.41) is 14.4. The SMILES string of the molecule is CCC(NC(=O)OCC1c2ccccc2-c2ccccc21)C(=O)NCCC(C)(C)CCC(=O)O. The Bertz CT molecular complexity index is 988. The summed E-state index contributed by atoms with van der Waals surface area (Å²) in [5.74, 6) is -1.14. The monoisotopic (exact) mass is 466 g/mol. The first-order chi connectivity index (χ1) is 16.2. The molecule has 0 radical (unpaired) electrons. The number of alkyl carbamates (subject to hydrolysis) is 1. The van der Waals surface area contributed by atoms with Crippen LogP contribution in [0, 0.1) is 5.41 Å². The van der Waals surface area contributed by atoms with Crippen molar-refractivity contribution in [2.75, 3.05) is 13.2 Å². The molecule has 1 atom stereocenters. The molecule has 0 aliphatic heterocycles. The molecule has 0 heterocycles. The van der Waals surface area contributed by atoms with Gasteiger partial charge >= 0.3 is 12.1 Å². The highest BCUT2D eigenvalue weighted by Crippen LogP contribution is 2.44. The van der Waals surface area contributed by atoms with E-state index in [1.165, 1.54) is 0 Å². The highest BCUT2D eigenvalue weighted by Gasteiger charge is 2.29. The third-order valence-electron chi connectivity index (χ3n) is 6.48. The van der Waals surface area contributed by atoms with Gasteiger partial charge in [-0.1, -0.05) is 69.3 Å². The van der Waals surface area contributed by atoms with E-state index in [0.717, 1.165) is 22.3 Å². The van der Waals surface area contributed by atoms with Gasteiger partial charge in [0.15, 0.2) is 0 Å². The van der Waals surface area contributed by atoms with Crippen molar-refractivity contribution in [1.82, 2.24) is 10.6 Å². The van der Waals surface area contributed by atoms with Crippen LogP contribution in [0.5, 0.6) is 0 Å². The summed E-state index contributed by atoms with van der Waals surface area (Å²) in [7, 11) is 0. The van der Waals surface area contributed by atoms with Gasteiger partial charge in [-0.2, -0.15) is 0 Å². The quantitative estimate of drug-likeness (QED) is 0.445. The molecular formula is C27H34N2O5. The molecule has 0 saturated heterocycles. The second kappa shape index (κ2) is 11.2. The molecule has 3 rings (SSSR count). The molecule has 7 nitrogen and oxygen atoms in total. The molecule has 182 valence electrons. The van der Waals surface area contributed by atoms with E-state index < -0.39 is 18.1 Å². The molecule has 2 aromatic rings. The van der Waals surface area contributed by atoms with Crippen molar-refractivity contribution >= 4 is 18.0 Å². The number of amides is 2. The molecule has 0 fully saturated rings. The van der Waals surface area contributed by atoms with Crippen LogP contribution in [-0.4, -0.2) is 42.3 Å². The van der Waals surface area contributed by atoms with Crippen LogP contribution < -0.4 is 10.6 Å². The van der Waals surface area contributed by atoms with Crippen LogP contribution in [-0.2, 0) is 14.3 Å². The molecule has 1 unspecified atom stereocenters. The summed E-state index contributed by atoms with van der Waals surface area (Å²) in [6.45, 7) is 6.39. The van der Waals surface area contributed by atoms with Gasteiger partial charge in [0, 0.05) is 18.9 Å². The van der Waals surface area contributed by atoms with Crippen LogP contribution in [0.25, 0.3) is 11.1 Å². The van der Waals surface area contributed by atoms with Crippen molar-refractivity contribution in [2.24, 2.45) is 5.41 Å². The fourth-order valence-electron chi connectivity index (χ4n) is 4.35. The fraction of sp³-hybridized carbons (Fsp3) is 0.444. The zero-order valence-electron chi connectivity index (χ0n) is 20.1. The Balaban J connectivity index is 1.50. The van der Waals surface area contributed by atoms with Crippen molar-refractivity contribution < 1.29 is 24.2 Å². The van der Waals surface area contributed by atoms with Crippen LogP contribution in [0.3, 0.4) is 0 Å². The zero-order valence-corrected chi connectivity index (χ0v) is 20.1. The number of rotatable bonds is 11. The first kappa shape index (κ1) is 25.3. The maximum Gasteiger partial charge on any atom is 0.407 e. The van der Waals surface area contributed by atoms with Gasteiger partial charge in [-0.05, 0) is 46.9 Å². The molecule has 7 heteroatoms. The average Bonchev–Trinajstić information content (AvgIpc) is 3.13. The largest absolute Gasteiger partial charge is 0.481 e. The van der Waals surface area contributed by atoms with Gasteiger partial charge in [-0.3, -0.25) is 9.59 Å². The number of carbonyl (C=O) groups is 3. The maximum absolute atomic E-state index is 12.6. The zero-order chi connectivity index (χ0) is 24.7. The summed E-state index contributed by atoms with van der Waals surface area (Å²) in [6.07, 6.45) is 1.09. The van der Waals surface area contributed by atoms with E-state index in [1.807, 2.05) is 45.0 Å². The first-order valence-corrected chi connectivity index (χ1v) is 11.8. The number of carboxylic acids is 1. The molecular weight excluding hydrogens is 432 g/mol. The molecule has 2 aromatic carbocycles. The van der Waals surface area contributed by atoms with Crippen molar-refractivity contribution in [3.63, 3.8) is 0 Å². The maximum atomic E-state index is 12.6. The molecule has 0 bridgehead atoms. The number of hydrogen-bond donors (Lipinski definition) is 3. The first-order valence-electron chi connectivity index (χ1n) is 11.8. The fourth-order valence-corrected chi connectivity index (χ4v) is 4.35. The van der Waals surface area contributed by atoms with Gasteiger partial charge in [-0.15, -0.1) is 0 Å². The Labute approximate surface area is 200 Å². The molecule has 34 heavy (non-hydrogen) atoms. The normalized spacial score (nSPS) is 13.5. The average molecular weight is 467 g/mol. The van der Waals surface area contributed by atoms with Crippen molar-refractivity contribution in [2.45, 2.75) is 58.4 Å². The van der Waals surface area contributed by atoms with Crippen LogP contribution in [0.2, 0.25) is 0 Å². The Kier molecular flexibility index (Phi) is 8.31. The highest BCUT2D eigenvalue weighted by atomic mass is 16.5. The van der Waals surface area contributed by atoms with E-state index >= 15 is 0 Å². The second-order valence-electron chi connectivity index (χ2n) is 9.53.